The van der Waals surface area contributed by atoms with Gasteiger partial charge in [0.25, 0.3) is 0 Å². The molecule has 0 aliphatic heterocycles. The van der Waals surface area contributed by atoms with Crippen molar-refractivity contribution in [2.75, 3.05) is 13.2 Å². The van der Waals surface area contributed by atoms with Gasteiger partial charge >= 0.3 is 6.18 Å². The van der Waals surface area contributed by atoms with Crippen LogP contribution in [0.4, 0.5) is 13.2 Å². The molecule has 0 amide bonds. The molecule has 7 heteroatoms. The molecular formula is C14H20F3N3O. The molecule has 2 N–H and O–H groups in total. The Morgan fingerprint density at radius 3 is 2.81 bits per heavy atom. The number of alkyl halides is 3. The molecule has 0 saturated carbocycles. The second-order valence-corrected chi connectivity index (χ2v) is 6.26. The standard InChI is InChI=1S/C14H20F3N3O/c1-13(2)5-10(18)9-7-19-12(20-11(9)6-13)3-4-21-8-14(15,16)17/h7,10H,3-6,8,18H2,1-2H3. The molecule has 0 spiro atoms. The molecule has 1 heterocycles. The van der Waals surface area contributed by atoms with Crippen molar-refractivity contribution in [3.63, 3.8) is 0 Å². The van der Waals surface area contributed by atoms with Gasteiger partial charge in [0.15, 0.2) is 0 Å². The molecule has 1 atom stereocenters. The number of aromatic nitrogens is 2. The van der Waals surface area contributed by atoms with Crippen LogP contribution in [0.5, 0.6) is 0 Å². The van der Waals surface area contributed by atoms with Crippen LogP contribution in [0.15, 0.2) is 6.20 Å². The number of nitrogens with two attached hydrogens (primary N) is 1. The molecule has 0 saturated heterocycles. The third kappa shape index (κ3) is 4.64. The summed E-state index contributed by atoms with van der Waals surface area (Å²) in [5.41, 5.74) is 8.03. The summed E-state index contributed by atoms with van der Waals surface area (Å²) in [4.78, 5) is 8.61. The summed E-state index contributed by atoms with van der Waals surface area (Å²) < 4.78 is 40.5. The van der Waals surface area contributed by atoms with E-state index in [4.69, 9.17) is 5.73 Å². The third-order valence-corrected chi connectivity index (χ3v) is 3.50. The van der Waals surface area contributed by atoms with Crippen LogP contribution in [-0.4, -0.2) is 29.4 Å². The quantitative estimate of drug-likeness (QED) is 0.868. The lowest BCUT2D eigenvalue weighted by atomic mass is 9.74. The molecule has 0 bridgehead atoms. The van der Waals surface area contributed by atoms with Gasteiger partial charge in [0.1, 0.15) is 12.4 Å². The highest BCUT2D eigenvalue weighted by Gasteiger charge is 2.31. The van der Waals surface area contributed by atoms with Gasteiger partial charge in [0, 0.05) is 29.9 Å². The zero-order valence-corrected chi connectivity index (χ0v) is 12.2. The number of fused-ring (bicyclic) bond motifs is 1. The molecule has 1 unspecified atom stereocenters. The molecule has 0 radical (unpaired) electrons. The lowest BCUT2D eigenvalue weighted by molar-refractivity contribution is -0.173. The topological polar surface area (TPSA) is 61.0 Å². The Morgan fingerprint density at radius 2 is 2.14 bits per heavy atom. The molecule has 1 aromatic heterocycles. The Labute approximate surface area is 121 Å². The number of halogens is 3. The number of nitrogens with zero attached hydrogens (tertiary/aromatic N) is 2. The summed E-state index contributed by atoms with van der Waals surface area (Å²) in [6.45, 7) is 2.97. The van der Waals surface area contributed by atoms with Gasteiger partial charge in [-0.2, -0.15) is 13.2 Å². The van der Waals surface area contributed by atoms with Crippen molar-refractivity contribution in [3.05, 3.63) is 23.3 Å². The SMILES string of the molecule is CC1(C)Cc2nc(CCOCC(F)(F)F)ncc2C(N)C1. The number of ether oxygens (including phenoxy) is 1. The first-order valence-electron chi connectivity index (χ1n) is 6.91. The van der Waals surface area contributed by atoms with Gasteiger partial charge in [-0.15, -0.1) is 0 Å². The van der Waals surface area contributed by atoms with E-state index < -0.39 is 12.8 Å². The fraction of sp³-hybridized carbons (Fsp3) is 0.714. The van der Waals surface area contributed by atoms with Crippen molar-refractivity contribution in [3.8, 4) is 0 Å². The van der Waals surface area contributed by atoms with Crippen LogP contribution in [0.3, 0.4) is 0 Å². The average Bonchev–Trinajstić information content (AvgIpc) is 2.31. The summed E-state index contributed by atoms with van der Waals surface area (Å²) in [7, 11) is 0. The lowest BCUT2D eigenvalue weighted by Crippen LogP contribution is -2.31. The Bertz CT molecular complexity index is 503. The van der Waals surface area contributed by atoms with Gasteiger partial charge in [0.2, 0.25) is 0 Å². The van der Waals surface area contributed by atoms with E-state index in [0.29, 0.717) is 5.82 Å². The zero-order valence-electron chi connectivity index (χ0n) is 12.2. The number of hydrogen-bond donors (Lipinski definition) is 1. The molecule has 0 fully saturated rings. The molecule has 1 aromatic rings. The van der Waals surface area contributed by atoms with Gasteiger partial charge in [0.05, 0.1) is 6.61 Å². The fourth-order valence-corrected chi connectivity index (χ4v) is 2.62. The first-order valence-corrected chi connectivity index (χ1v) is 6.91. The monoisotopic (exact) mass is 303 g/mol. The molecule has 21 heavy (non-hydrogen) atoms. The van der Waals surface area contributed by atoms with Crippen molar-refractivity contribution < 1.29 is 17.9 Å². The van der Waals surface area contributed by atoms with Crippen molar-refractivity contribution in [1.29, 1.82) is 0 Å². The van der Waals surface area contributed by atoms with Crippen molar-refractivity contribution in [1.82, 2.24) is 9.97 Å². The maximum atomic E-state index is 12.0. The summed E-state index contributed by atoms with van der Waals surface area (Å²) in [5, 5.41) is 0. The van der Waals surface area contributed by atoms with E-state index in [-0.39, 0.29) is 24.5 Å². The summed E-state index contributed by atoms with van der Waals surface area (Å²) >= 11 is 0. The fourth-order valence-electron chi connectivity index (χ4n) is 2.62. The third-order valence-electron chi connectivity index (χ3n) is 3.50. The predicted octanol–water partition coefficient (Wildman–Crippen LogP) is 2.57. The Hall–Kier alpha value is -1.21. The Balaban J connectivity index is 1.98. The largest absolute Gasteiger partial charge is 0.411 e. The summed E-state index contributed by atoms with van der Waals surface area (Å²) in [6.07, 6.45) is -0.666. The average molecular weight is 303 g/mol. The number of rotatable bonds is 4. The van der Waals surface area contributed by atoms with Crippen molar-refractivity contribution in [2.24, 2.45) is 11.1 Å². The number of hydrogen-bond acceptors (Lipinski definition) is 4. The van der Waals surface area contributed by atoms with E-state index in [2.05, 4.69) is 28.6 Å². The van der Waals surface area contributed by atoms with Gasteiger partial charge in [-0.25, -0.2) is 9.97 Å². The van der Waals surface area contributed by atoms with E-state index in [1.807, 2.05) is 0 Å². The Morgan fingerprint density at radius 1 is 1.43 bits per heavy atom. The lowest BCUT2D eigenvalue weighted by Gasteiger charge is -2.34. The summed E-state index contributed by atoms with van der Waals surface area (Å²) in [5.74, 6) is 0.501. The molecule has 1 aliphatic carbocycles. The van der Waals surface area contributed by atoms with E-state index in [1.54, 1.807) is 6.20 Å². The smallest absolute Gasteiger partial charge is 0.372 e. The van der Waals surface area contributed by atoms with Gasteiger partial charge in [-0.1, -0.05) is 13.8 Å². The zero-order chi connectivity index (χ0) is 15.7. The predicted molar refractivity (Wildman–Crippen MR) is 71.6 cm³/mol. The van der Waals surface area contributed by atoms with Crippen molar-refractivity contribution >= 4 is 0 Å². The minimum atomic E-state index is -4.30. The maximum absolute atomic E-state index is 12.0. The van der Waals surface area contributed by atoms with Crippen LogP contribution in [-0.2, 0) is 17.6 Å². The van der Waals surface area contributed by atoms with Crippen LogP contribution < -0.4 is 5.73 Å². The second kappa shape index (κ2) is 5.88. The van der Waals surface area contributed by atoms with E-state index in [9.17, 15) is 13.2 Å². The van der Waals surface area contributed by atoms with Crippen LogP contribution in [0.2, 0.25) is 0 Å². The Kier molecular flexibility index (Phi) is 4.53. The van der Waals surface area contributed by atoms with Crippen LogP contribution in [0, 0.1) is 5.41 Å². The maximum Gasteiger partial charge on any atom is 0.411 e. The summed E-state index contributed by atoms with van der Waals surface area (Å²) in [6, 6.07) is -0.0840. The van der Waals surface area contributed by atoms with Crippen LogP contribution >= 0.6 is 0 Å². The van der Waals surface area contributed by atoms with Gasteiger partial charge < -0.3 is 10.5 Å². The van der Waals surface area contributed by atoms with E-state index in [1.165, 1.54) is 0 Å². The highest BCUT2D eigenvalue weighted by Crippen LogP contribution is 2.38. The first kappa shape index (κ1) is 16.2. The first-order chi connectivity index (χ1) is 9.66. The van der Waals surface area contributed by atoms with Gasteiger partial charge in [-0.3, -0.25) is 0 Å². The molecule has 4 nitrogen and oxygen atoms in total. The second-order valence-electron chi connectivity index (χ2n) is 6.26. The van der Waals surface area contributed by atoms with Crippen molar-refractivity contribution in [2.45, 2.75) is 45.3 Å². The molecule has 2 rings (SSSR count). The molecule has 118 valence electrons. The highest BCUT2D eigenvalue weighted by molar-refractivity contribution is 5.26. The van der Waals surface area contributed by atoms with E-state index in [0.717, 1.165) is 24.1 Å². The van der Waals surface area contributed by atoms with Gasteiger partial charge in [-0.05, 0) is 18.3 Å². The van der Waals surface area contributed by atoms with Crippen LogP contribution in [0.1, 0.15) is 43.4 Å². The molecular weight excluding hydrogens is 283 g/mol. The minimum Gasteiger partial charge on any atom is -0.372 e. The van der Waals surface area contributed by atoms with Crippen LogP contribution in [0.25, 0.3) is 0 Å². The normalized spacial score (nSPS) is 21.1. The molecule has 1 aliphatic rings. The molecule has 0 aromatic carbocycles. The minimum absolute atomic E-state index is 0.0479. The highest BCUT2D eigenvalue weighted by atomic mass is 19.4. The van der Waals surface area contributed by atoms with E-state index >= 15 is 0 Å².